The lowest BCUT2D eigenvalue weighted by Crippen LogP contribution is -2.56. The van der Waals surface area contributed by atoms with E-state index in [1.807, 2.05) is 89.5 Å². The third-order valence-corrected chi connectivity index (χ3v) is 20.0. The van der Waals surface area contributed by atoms with Gasteiger partial charge in [0.2, 0.25) is 0 Å². The minimum atomic E-state index is -2.72. The molecule has 10 aromatic carbocycles. The van der Waals surface area contributed by atoms with Gasteiger partial charge in [0.25, 0.3) is 0 Å². The van der Waals surface area contributed by atoms with Gasteiger partial charge < -0.3 is 9.13 Å². The van der Waals surface area contributed by atoms with Crippen molar-refractivity contribution in [3.8, 4) is 44.8 Å². The molecule has 0 amide bonds. The van der Waals surface area contributed by atoms with Gasteiger partial charge in [-0.3, -0.25) is 0 Å². The van der Waals surface area contributed by atoms with Crippen molar-refractivity contribution in [3.05, 3.63) is 199 Å². The lowest BCUT2D eigenvalue weighted by Gasteiger charge is -2.46. The van der Waals surface area contributed by atoms with Gasteiger partial charge in [0.15, 0.2) is 0 Å². The van der Waals surface area contributed by atoms with Crippen LogP contribution in [-0.4, -0.2) is 103 Å². The van der Waals surface area contributed by atoms with Gasteiger partial charge in [-0.05, 0) is 113 Å². The number of benzene rings is 9. The maximum atomic E-state index is 7.30. The third-order valence-electron chi connectivity index (χ3n) is 16.0. The second-order valence-corrected chi connectivity index (χ2v) is 23.4. The van der Waals surface area contributed by atoms with Crippen molar-refractivity contribution in [1.29, 1.82) is 0 Å². The van der Waals surface area contributed by atoms with Gasteiger partial charge in [-0.1, -0.05) is 154 Å². The summed E-state index contributed by atoms with van der Waals surface area (Å²) in [7, 11) is 80.6. The molecule has 0 spiro atoms. The smallest absolute Gasteiger partial charge is 0.115 e. The van der Waals surface area contributed by atoms with E-state index in [1.54, 1.807) is 0 Å². The SMILES string of the molecule is [B]c1c([B])c([B])c(S(c2ccccc2)(c2ccccc2)c2cc(-c3c#cccc3)c(-n3c4c(c5cc(-c6c([B])c([B])c([B])c7c8c([B])c([B])c([B])c([B])c8n(-c8ccccc8)c67)ccc53)C=CCC4)c(-c3ccccc3)c2)c([B])c1[B]. The molecule has 2 nitrogen and oxygen atoms in total. The zero-order valence-electron chi connectivity index (χ0n) is 44.0. The van der Waals surface area contributed by atoms with Crippen LogP contribution in [0.5, 0.6) is 0 Å². The summed E-state index contributed by atoms with van der Waals surface area (Å²) < 4.78 is 4.42. The number of hydrogen-bond donors (Lipinski definition) is 0. The molecule has 0 N–H and O–H groups in total. The summed E-state index contributed by atoms with van der Waals surface area (Å²) in [6, 6.07) is 64.4. The van der Waals surface area contributed by atoms with Crippen LogP contribution in [0.3, 0.4) is 0 Å². The highest BCUT2D eigenvalue weighted by Gasteiger charge is 2.38. The highest BCUT2D eigenvalue weighted by molar-refractivity contribution is 8.34. The molecule has 1 aliphatic carbocycles. The van der Waals surface area contributed by atoms with E-state index < -0.39 is 10.0 Å². The number of aromatic nitrogens is 2. The monoisotopic (exact) mass is 1020 g/mol. The second kappa shape index (κ2) is 20.3. The molecule has 0 unspecified atom stereocenters. The van der Waals surface area contributed by atoms with E-state index in [0.29, 0.717) is 32.3 Å². The maximum Gasteiger partial charge on any atom is 0.115 e. The number of para-hydroxylation sites is 1. The predicted molar refractivity (Wildman–Crippen MR) is 354 cm³/mol. The molecule has 1 aliphatic rings. The minimum absolute atomic E-state index is 0.135. The number of hydrogen-bond acceptors (Lipinski definition) is 0. The summed E-state index contributed by atoms with van der Waals surface area (Å²) in [4.78, 5) is 3.39. The Morgan fingerprint density at radius 1 is 0.432 bits per heavy atom. The molecule has 0 saturated heterocycles. The first-order valence-electron chi connectivity index (χ1n) is 26.3. The molecule has 350 valence electrons. The van der Waals surface area contributed by atoms with Crippen molar-refractivity contribution in [1.82, 2.24) is 9.13 Å². The van der Waals surface area contributed by atoms with E-state index in [1.165, 1.54) is 0 Å². The highest BCUT2D eigenvalue weighted by Crippen LogP contribution is 2.73. The topological polar surface area (TPSA) is 9.86 Å². The van der Waals surface area contributed by atoms with Crippen LogP contribution in [-0.2, 0) is 6.42 Å². The van der Waals surface area contributed by atoms with Crippen molar-refractivity contribution in [3.63, 3.8) is 0 Å². The van der Waals surface area contributed by atoms with Crippen LogP contribution >= 0.6 is 10.0 Å². The molecule has 13 rings (SSSR count). The Morgan fingerprint density at radius 2 is 0.975 bits per heavy atom. The number of allylic oxidation sites excluding steroid dienone is 1. The normalized spacial score (nSPS) is 12.5. The summed E-state index contributed by atoms with van der Waals surface area (Å²) in [6.45, 7) is 0. The van der Waals surface area contributed by atoms with Gasteiger partial charge in [-0.15, -0.1) is 42.8 Å². The van der Waals surface area contributed by atoms with E-state index in [4.69, 9.17) is 94.2 Å². The van der Waals surface area contributed by atoms with E-state index in [0.717, 1.165) is 88.9 Å². The highest BCUT2D eigenvalue weighted by atomic mass is 32.3. The van der Waals surface area contributed by atoms with E-state index >= 15 is 0 Å². The minimum Gasteiger partial charge on any atom is -0.312 e. The zero-order valence-corrected chi connectivity index (χ0v) is 44.8. The first-order chi connectivity index (χ1) is 39.2. The standard InChI is InChI=1S/C66H34B12N2S/c67-51-48(64-49(52(68)54(51)70)50-53(69)55(71)57(73)60(76)65(50)79(64)38-22-10-3-11-23-38)37-30-31-47-45(32-37)42-28-16-17-29-46(42)80(47)63-43(35-18-6-1-7-19-35)33-41(34-44(63)36-20-8-2-9-21-36)81(39-24-12-4-13-25-39,40-26-14-5-15-27-40)66-61(77)58(74)56(72)59(75)62(66)78/h1-8,10-16,18-20,22-28,30-34H,17,29H2. The zero-order chi connectivity index (χ0) is 56.2. The quantitative estimate of drug-likeness (QED) is 0.197. The van der Waals surface area contributed by atoms with E-state index in [-0.39, 0.29) is 65.6 Å². The van der Waals surface area contributed by atoms with Gasteiger partial charge in [0.05, 0.1) is 16.7 Å². The summed E-state index contributed by atoms with van der Waals surface area (Å²) in [5.41, 5.74) is 13.4. The number of fused-ring (bicyclic) bond motifs is 6. The Bertz CT molecular complexity index is 4450. The van der Waals surface area contributed by atoms with Gasteiger partial charge in [0.1, 0.15) is 94.2 Å². The third kappa shape index (κ3) is 7.91. The van der Waals surface area contributed by atoms with Gasteiger partial charge in [-0.2, -0.15) is 0 Å². The van der Waals surface area contributed by atoms with Gasteiger partial charge in [0, 0.05) is 64.6 Å². The van der Waals surface area contributed by atoms with Crippen molar-refractivity contribution in [2.45, 2.75) is 32.4 Å². The molecule has 12 aromatic rings. The molecular formula is C66H34B12N2S. The Kier molecular flexibility index (Phi) is 13.2. The van der Waals surface area contributed by atoms with Crippen LogP contribution in [0.4, 0.5) is 0 Å². The summed E-state index contributed by atoms with van der Waals surface area (Å²) in [5, 5.41) is 2.04. The summed E-state index contributed by atoms with van der Waals surface area (Å²) >= 11 is 0. The Morgan fingerprint density at radius 3 is 1.59 bits per heavy atom. The Labute approximate surface area is 490 Å². The molecule has 15 heteroatoms. The Balaban J connectivity index is 1.18. The van der Waals surface area contributed by atoms with Crippen LogP contribution in [0, 0.1) is 12.1 Å². The first-order valence-corrected chi connectivity index (χ1v) is 27.9. The average molecular weight is 1020 g/mol. The number of nitrogens with zero attached hydrogens (tertiary/aromatic N) is 2. The second-order valence-electron chi connectivity index (χ2n) is 20.3. The first kappa shape index (κ1) is 52.6. The molecule has 0 aliphatic heterocycles. The molecular weight excluding hydrogens is 983 g/mol. The largest absolute Gasteiger partial charge is 0.312 e. The fourth-order valence-electron chi connectivity index (χ4n) is 12.2. The molecule has 81 heavy (non-hydrogen) atoms. The van der Waals surface area contributed by atoms with Crippen molar-refractivity contribution < 1.29 is 0 Å². The predicted octanol–water partition coefficient (Wildman–Crippen LogP) is 3.15. The van der Waals surface area contributed by atoms with Crippen LogP contribution in [0.15, 0.2) is 196 Å². The van der Waals surface area contributed by atoms with Gasteiger partial charge in [-0.25, -0.2) is 0 Å². The van der Waals surface area contributed by atoms with Crippen molar-refractivity contribution in [2.24, 2.45) is 0 Å². The van der Waals surface area contributed by atoms with Gasteiger partial charge >= 0.3 is 0 Å². The molecule has 0 fully saturated rings. The molecule has 0 bridgehead atoms. The summed E-state index contributed by atoms with van der Waals surface area (Å²) in [5.74, 6) is 0. The maximum absolute atomic E-state index is 7.30. The van der Waals surface area contributed by atoms with Crippen LogP contribution < -0.4 is 65.6 Å². The molecule has 0 atom stereocenters. The lowest BCUT2D eigenvalue weighted by atomic mass is 9.62. The Hall–Kier alpha value is -7.77. The fourth-order valence-corrected chi connectivity index (χ4v) is 16.3. The van der Waals surface area contributed by atoms with Crippen molar-refractivity contribution >= 4 is 209 Å². The lowest BCUT2D eigenvalue weighted by molar-refractivity contribution is 0.889. The van der Waals surface area contributed by atoms with E-state index in [9.17, 15) is 0 Å². The van der Waals surface area contributed by atoms with Crippen LogP contribution in [0.2, 0.25) is 0 Å². The summed E-state index contributed by atoms with van der Waals surface area (Å²) in [6.07, 6.45) is 5.96. The molecule has 24 radical (unpaired) electrons. The van der Waals surface area contributed by atoms with Crippen molar-refractivity contribution in [2.75, 3.05) is 0 Å². The van der Waals surface area contributed by atoms with E-state index in [2.05, 4.69) is 114 Å². The molecule has 2 heterocycles. The molecule has 2 aromatic heterocycles. The van der Waals surface area contributed by atoms with Crippen LogP contribution in [0.1, 0.15) is 17.7 Å². The van der Waals surface area contributed by atoms with Crippen LogP contribution in [0.25, 0.3) is 83.5 Å². The average Bonchev–Trinajstić information content (AvgIpc) is 4.28. The fraction of sp³-hybridized carbons (Fsp3) is 0.0303. The number of rotatable bonds is 9. The molecule has 0 saturated carbocycles.